The highest BCUT2D eigenvalue weighted by Crippen LogP contribution is 2.41. The van der Waals surface area contributed by atoms with Crippen LogP contribution in [-0.2, 0) is 53.9 Å². The number of nitrogens with one attached hydrogen (secondary N) is 7. The van der Waals surface area contributed by atoms with Gasteiger partial charge in [0.2, 0.25) is 47.8 Å². The van der Waals surface area contributed by atoms with Crippen molar-refractivity contribution in [2.45, 2.75) is 153 Å². The minimum Gasteiger partial charge on any atom is -0.444 e. The quantitative estimate of drug-likeness (QED) is 0.0268. The van der Waals surface area contributed by atoms with Crippen LogP contribution in [0.2, 0.25) is 0 Å². The summed E-state index contributed by atoms with van der Waals surface area (Å²) in [4.78, 5) is 63.8. The van der Waals surface area contributed by atoms with E-state index in [4.69, 9.17) is 15.2 Å². The molecule has 10 N–H and O–H groups in total. The van der Waals surface area contributed by atoms with Gasteiger partial charge in [0.05, 0.1) is 54.7 Å². The zero-order valence-electron chi connectivity index (χ0n) is 60.4. The van der Waals surface area contributed by atoms with Crippen LogP contribution in [0.1, 0.15) is 104 Å². The zero-order valence-corrected chi connectivity index (χ0v) is 65.3. The van der Waals surface area contributed by atoms with Gasteiger partial charge in [-0.25, -0.2) is 59.2 Å². The van der Waals surface area contributed by atoms with E-state index in [2.05, 4.69) is 57.3 Å². The molecule has 104 heavy (non-hydrogen) atoms. The third-order valence-corrected chi connectivity index (χ3v) is 22.8. The molecule has 6 aromatic carbocycles. The van der Waals surface area contributed by atoms with Gasteiger partial charge in [-0.05, 0) is 192 Å². The van der Waals surface area contributed by atoms with Crippen LogP contribution in [0.4, 0.5) is 38.9 Å². The van der Waals surface area contributed by atoms with Gasteiger partial charge < -0.3 is 41.6 Å². The number of sulfonamides is 3. The first-order valence-corrected chi connectivity index (χ1v) is 39.7. The first-order chi connectivity index (χ1) is 48.5. The number of carbonyl (C=O) groups excluding carboxylic acids is 4. The molecule has 31 heteroatoms. The van der Waals surface area contributed by atoms with Crippen molar-refractivity contribution in [3.63, 3.8) is 0 Å². The van der Waals surface area contributed by atoms with Crippen LogP contribution in [0.5, 0.6) is 0 Å². The van der Waals surface area contributed by atoms with Crippen LogP contribution in [0, 0.1) is 0 Å². The number of nitrogens with two attached hydrogens (primary N) is 1. The SMILES string of the molecule is CC(=O)Nc1ccc(-c2cnc(-c3ccc(N)cc3)s2)c(S(=O)(=O)NC(C)(C)C)c1.CC(=O)Nc1ccc(-c2cnc(-c3ccc(N4CC(C)OC4=O)cc3)s2)c(S(=O)(=O)NC(C)(C)C)c1.CC(=O)Nc1ccc(-c2cnc(-c3ccc(NCC(C)O)cc3)s2)c(S(=O)(=O)NC(C)(C)C)c1.CC1CO1. The minimum atomic E-state index is -3.91. The van der Waals surface area contributed by atoms with E-state index in [0.29, 0.717) is 78.3 Å². The summed E-state index contributed by atoms with van der Waals surface area (Å²) in [7, 11) is -11.6. The standard InChI is InChI=1S/C25H28N4O5S2.C24H30N4O4S2.C21H24N4O3S2.C3H6O/c1-15-14-29(24(31)34-15)19-9-6-17(7-10-19)23-26-13-21(35-23)20-11-8-18(27-16(2)30)12-22(20)36(32,33)28-25(3,4)5;1-15(29)13-25-18-8-6-17(7-9-18)23-26-14-21(33-23)20-11-10-19(27-16(2)30)12-22(20)34(31,32)28-24(3,4)5;1-13(26)24-16-9-10-17(19(11-16)30(27,28)25-21(2,3)4)18-12-23-20(29-18)14-5-7-15(22)8-6-14;1-3-2-4-3/h6-13,15,28H,14H2,1-5H3,(H,27,30);6-12,14-15,25,28-29H,13H2,1-5H3,(H,27,30);5-12,25H,22H2,1-4H3,(H,24,26);3H,2H2,1H3. The molecule has 2 saturated heterocycles. The van der Waals surface area contributed by atoms with Crippen molar-refractivity contribution in [2.24, 2.45) is 0 Å². The first-order valence-electron chi connectivity index (χ1n) is 32.8. The zero-order chi connectivity index (χ0) is 76.4. The molecule has 3 atom stereocenters. The van der Waals surface area contributed by atoms with E-state index >= 15 is 0 Å². The number of thiazole rings is 3. The third kappa shape index (κ3) is 23.6. The van der Waals surface area contributed by atoms with Crippen molar-refractivity contribution in [3.05, 3.63) is 146 Å². The molecule has 0 bridgehead atoms. The molecule has 4 amide bonds. The maximum Gasteiger partial charge on any atom is 0.414 e. The number of hydrogen-bond acceptors (Lipinski definition) is 21. The van der Waals surface area contributed by atoms with Crippen molar-refractivity contribution >= 4 is 122 Å². The van der Waals surface area contributed by atoms with E-state index in [1.165, 1.54) is 73.0 Å². The Balaban J connectivity index is 0.000000192. The Morgan fingerprint density at radius 2 is 0.837 bits per heavy atom. The lowest BCUT2D eigenvalue weighted by molar-refractivity contribution is -0.115. The van der Waals surface area contributed by atoms with E-state index in [1.807, 2.05) is 67.6 Å². The number of cyclic esters (lactones) is 1. The summed E-state index contributed by atoms with van der Waals surface area (Å²) in [5, 5.41) is 22.7. The number of nitrogen functional groups attached to an aromatic ring is 1. The Kier molecular flexibility index (Phi) is 26.0. The Bertz CT molecular complexity index is 4900. The summed E-state index contributed by atoms with van der Waals surface area (Å²) in [5.74, 6) is -0.861. The average molecular weight is 1530 g/mol. The number of aliphatic hydroxyl groups excluding tert-OH is 1. The van der Waals surface area contributed by atoms with Crippen LogP contribution < -0.4 is 46.1 Å². The number of benzene rings is 6. The van der Waals surface area contributed by atoms with Crippen LogP contribution in [-0.4, -0.2) is 124 Å². The van der Waals surface area contributed by atoms with Crippen molar-refractivity contribution < 1.29 is 59.0 Å². The molecule has 11 rings (SSSR count). The Hall–Kier alpha value is -8.86. The summed E-state index contributed by atoms with van der Waals surface area (Å²) < 4.78 is 97.3. The fraction of sp³-hybridized carbons (Fsp3) is 0.329. The summed E-state index contributed by atoms with van der Waals surface area (Å²) in [6.45, 7) is 27.6. The molecule has 0 aliphatic carbocycles. The molecule has 5 heterocycles. The monoisotopic (exact) mass is 1530 g/mol. The van der Waals surface area contributed by atoms with Gasteiger partial charge in [-0.3, -0.25) is 19.3 Å². The van der Waals surface area contributed by atoms with Gasteiger partial charge in [0.25, 0.3) is 0 Å². The minimum absolute atomic E-state index is 0.0517. The van der Waals surface area contributed by atoms with Crippen LogP contribution in [0.15, 0.2) is 161 Å². The number of amides is 4. The van der Waals surface area contributed by atoms with Crippen molar-refractivity contribution in [3.8, 4) is 63.0 Å². The molecule has 554 valence electrons. The molecule has 3 unspecified atom stereocenters. The molecular weight excluding hydrogens is 1450 g/mol. The van der Waals surface area contributed by atoms with Gasteiger partial charge in [0.15, 0.2) is 0 Å². The Morgan fingerprint density at radius 3 is 1.12 bits per heavy atom. The number of nitrogens with zero attached hydrogens (tertiary/aromatic N) is 4. The number of anilines is 6. The molecule has 0 radical (unpaired) electrons. The van der Waals surface area contributed by atoms with E-state index in [-0.39, 0.29) is 44.6 Å². The fourth-order valence-corrected chi connectivity index (χ4v) is 18.0. The van der Waals surface area contributed by atoms with Crippen molar-refractivity contribution in [1.82, 2.24) is 29.1 Å². The molecular formula is C73H88N12O13S6. The van der Waals surface area contributed by atoms with Gasteiger partial charge in [-0.15, -0.1) is 34.0 Å². The summed E-state index contributed by atoms with van der Waals surface area (Å²) >= 11 is 4.11. The Labute approximate surface area is 620 Å². The number of rotatable bonds is 19. The Morgan fingerprint density at radius 1 is 0.529 bits per heavy atom. The summed E-state index contributed by atoms with van der Waals surface area (Å²) in [6.07, 6.45) is 4.55. The molecule has 2 aliphatic rings. The smallest absolute Gasteiger partial charge is 0.414 e. The normalized spacial score (nSPS) is 14.8. The fourth-order valence-electron chi connectivity index (χ4n) is 9.98. The second-order valence-corrected chi connectivity index (χ2v) is 35.8. The van der Waals surface area contributed by atoms with Crippen LogP contribution >= 0.6 is 34.0 Å². The van der Waals surface area contributed by atoms with E-state index in [9.17, 15) is 49.5 Å². The highest BCUT2D eigenvalue weighted by Gasteiger charge is 2.32. The van der Waals surface area contributed by atoms with Gasteiger partial charge in [0, 0.05) is 130 Å². The lowest BCUT2D eigenvalue weighted by Gasteiger charge is -2.22. The number of carbonyl (C=O) groups is 4. The maximum atomic E-state index is 13.3. The highest BCUT2D eigenvalue weighted by molar-refractivity contribution is 7.90. The average Bonchev–Trinajstić information content (AvgIpc) is 1.03. The molecule has 2 aliphatic heterocycles. The maximum absolute atomic E-state index is 13.3. The molecule has 0 saturated carbocycles. The van der Waals surface area contributed by atoms with Gasteiger partial charge in [-0.2, -0.15) is 0 Å². The van der Waals surface area contributed by atoms with Gasteiger partial charge >= 0.3 is 6.09 Å². The molecule has 9 aromatic rings. The second kappa shape index (κ2) is 33.5. The summed E-state index contributed by atoms with van der Waals surface area (Å²) in [5.41, 5.74) is 11.3. The largest absolute Gasteiger partial charge is 0.444 e. The van der Waals surface area contributed by atoms with Gasteiger partial charge in [0.1, 0.15) is 21.1 Å². The van der Waals surface area contributed by atoms with E-state index < -0.39 is 52.8 Å². The lowest BCUT2D eigenvalue weighted by atomic mass is 10.1. The topological polar surface area (TPSA) is 365 Å². The number of aliphatic hydroxyl groups is 1. The first kappa shape index (κ1) is 80.8. The van der Waals surface area contributed by atoms with E-state index in [1.54, 1.807) is 141 Å². The number of epoxide rings is 1. The number of aromatic nitrogens is 3. The predicted octanol–water partition coefficient (Wildman–Crippen LogP) is 13.7. The molecule has 25 nitrogen and oxygen atoms in total. The van der Waals surface area contributed by atoms with Crippen LogP contribution in [0.3, 0.4) is 0 Å². The molecule has 0 spiro atoms. The predicted molar refractivity (Wildman–Crippen MR) is 415 cm³/mol. The number of ether oxygens (including phenoxy) is 2. The number of hydrogen-bond donors (Lipinski definition) is 9. The lowest BCUT2D eigenvalue weighted by Crippen LogP contribution is -2.40. The third-order valence-electron chi connectivity index (χ3n) is 14.2. The highest BCUT2D eigenvalue weighted by atomic mass is 32.2. The van der Waals surface area contributed by atoms with E-state index in [0.717, 1.165) is 44.7 Å². The molecule has 3 aromatic heterocycles. The van der Waals surface area contributed by atoms with Crippen LogP contribution in [0.25, 0.3) is 63.0 Å². The second-order valence-electron chi connectivity index (χ2n) is 27.8. The summed E-state index contributed by atoms with van der Waals surface area (Å²) in [6, 6.07) is 36.8. The van der Waals surface area contributed by atoms with Crippen molar-refractivity contribution in [1.29, 1.82) is 0 Å². The van der Waals surface area contributed by atoms with Gasteiger partial charge in [-0.1, -0.05) is 18.2 Å². The van der Waals surface area contributed by atoms with Crippen molar-refractivity contribution in [2.75, 3.05) is 51.6 Å². The molecule has 2 fully saturated rings.